The van der Waals surface area contributed by atoms with Gasteiger partial charge < -0.3 is 9.47 Å². The van der Waals surface area contributed by atoms with Gasteiger partial charge in [-0.25, -0.2) is 4.98 Å². The second-order valence-corrected chi connectivity index (χ2v) is 9.30. The lowest BCUT2D eigenvalue weighted by Crippen LogP contribution is -2.26. The van der Waals surface area contributed by atoms with Crippen LogP contribution in [0.5, 0.6) is 0 Å². The van der Waals surface area contributed by atoms with Gasteiger partial charge in [0.15, 0.2) is 0 Å². The fourth-order valence-electron chi connectivity index (χ4n) is 4.06. The van der Waals surface area contributed by atoms with Crippen molar-refractivity contribution >= 4 is 40.1 Å². The van der Waals surface area contributed by atoms with Crippen LogP contribution in [-0.2, 0) is 4.79 Å². The molecule has 0 radical (unpaired) electrons. The number of nitrogens with one attached hydrogen (secondary N) is 1. The summed E-state index contributed by atoms with van der Waals surface area (Å²) in [4.78, 5) is 32.9. The number of rotatable bonds is 10. The number of imidazole rings is 1. The number of hydrogen-bond donors (Lipinski definition) is 1. The minimum absolute atomic E-state index is 0.0862. The van der Waals surface area contributed by atoms with Crippen LogP contribution >= 0.6 is 11.3 Å². The lowest BCUT2D eigenvalue weighted by molar-refractivity contribution is -0.124. The van der Waals surface area contributed by atoms with E-state index >= 15 is 0 Å². The Hall–Kier alpha value is -3.85. The molecule has 0 aliphatic heterocycles. The topological polar surface area (TPSA) is 93.0 Å². The predicted octanol–water partition coefficient (Wildman–Crippen LogP) is 5.18. The number of carbonyl (C=O) groups excluding carboxylic acids is 2. The summed E-state index contributed by atoms with van der Waals surface area (Å²) < 4.78 is 2.11. The molecule has 8 nitrogen and oxygen atoms in total. The lowest BCUT2D eigenvalue weighted by Gasteiger charge is -2.22. The molecule has 1 aromatic carbocycles. The SMILES string of the molecule is C=CC(=O)N(C)CCC[C@H](CC)n1c(NC(=O)c2ccc(-c3ccnnc3)s2)nc2ccccc21. The Morgan fingerprint density at radius 2 is 2.03 bits per heavy atom. The number of para-hydroxylation sites is 2. The summed E-state index contributed by atoms with van der Waals surface area (Å²) in [6.07, 6.45) is 7.16. The quantitative estimate of drug-likeness (QED) is 0.310. The van der Waals surface area contributed by atoms with Crippen LogP contribution in [0, 0.1) is 0 Å². The third-order valence-electron chi connectivity index (χ3n) is 5.94. The first-order valence-electron chi connectivity index (χ1n) is 11.5. The van der Waals surface area contributed by atoms with Crippen molar-refractivity contribution in [2.45, 2.75) is 32.2 Å². The highest BCUT2D eigenvalue weighted by molar-refractivity contribution is 7.17. The van der Waals surface area contributed by atoms with Gasteiger partial charge in [0.2, 0.25) is 11.9 Å². The number of benzene rings is 1. The van der Waals surface area contributed by atoms with E-state index in [1.165, 1.54) is 17.4 Å². The van der Waals surface area contributed by atoms with Crippen LogP contribution in [-0.4, -0.2) is 50.1 Å². The van der Waals surface area contributed by atoms with Gasteiger partial charge in [-0.3, -0.25) is 14.9 Å². The number of hydrogen-bond acceptors (Lipinski definition) is 6. The normalized spacial score (nSPS) is 11.8. The van der Waals surface area contributed by atoms with E-state index in [2.05, 4.69) is 33.6 Å². The van der Waals surface area contributed by atoms with Crippen LogP contribution < -0.4 is 5.32 Å². The van der Waals surface area contributed by atoms with E-state index in [1.807, 2.05) is 42.5 Å². The van der Waals surface area contributed by atoms with Crippen LogP contribution in [0.25, 0.3) is 21.5 Å². The van der Waals surface area contributed by atoms with Gasteiger partial charge in [-0.2, -0.15) is 10.2 Å². The van der Waals surface area contributed by atoms with E-state index in [1.54, 1.807) is 24.3 Å². The fourth-order valence-corrected chi connectivity index (χ4v) is 4.95. The van der Waals surface area contributed by atoms with Crippen molar-refractivity contribution in [1.29, 1.82) is 0 Å². The molecule has 0 saturated heterocycles. The zero-order chi connectivity index (χ0) is 24.8. The van der Waals surface area contributed by atoms with E-state index in [9.17, 15) is 9.59 Å². The van der Waals surface area contributed by atoms with E-state index in [4.69, 9.17) is 4.98 Å². The van der Waals surface area contributed by atoms with Crippen LogP contribution in [0.1, 0.15) is 41.9 Å². The van der Waals surface area contributed by atoms with Crippen molar-refractivity contribution in [3.05, 3.63) is 72.4 Å². The Labute approximate surface area is 208 Å². The summed E-state index contributed by atoms with van der Waals surface area (Å²) in [5.41, 5.74) is 2.72. The summed E-state index contributed by atoms with van der Waals surface area (Å²) in [5, 5.41) is 10.8. The molecule has 3 heterocycles. The Kier molecular flexibility index (Phi) is 7.67. The Bertz CT molecular complexity index is 1330. The van der Waals surface area contributed by atoms with Gasteiger partial charge in [-0.15, -0.1) is 11.3 Å². The first-order chi connectivity index (χ1) is 17.0. The molecule has 0 spiro atoms. The fraction of sp³-hybridized carbons (Fsp3) is 0.269. The summed E-state index contributed by atoms with van der Waals surface area (Å²) in [6, 6.07) is 13.6. The summed E-state index contributed by atoms with van der Waals surface area (Å²) >= 11 is 1.40. The van der Waals surface area contributed by atoms with E-state index in [-0.39, 0.29) is 17.9 Å². The maximum atomic E-state index is 13.2. The number of fused-ring (bicyclic) bond motifs is 1. The number of thiophene rings is 1. The van der Waals surface area contributed by atoms with Gasteiger partial charge in [0.05, 0.1) is 28.3 Å². The maximum absolute atomic E-state index is 13.2. The molecule has 0 aliphatic rings. The van der Waals surface area contributed by atoms with E-state index in [0.29, 0.717) is 17.4 Å². The molecule has 4 rings (SSSR count). The molecule has 0 aliphatic carbocycles. The molecule has 0 unspecified atom stereocenters. The van der Waals surface area contributed by atoms with Crippen molar-refractivity contribution in [2.75, 3.05) is 18.9 Å². The smallest absolute Gasteiger partial charge is 0.268 e. The maximum Gasteiger partial charge on any atom is 0.268 e. The number of carbonyl (C=O) groups is 2. The first-order valence-corrected chi connectivity index (χ1v) is 12.4. The number of amides is 2. The summed E-state index contributed by atoms with van der Waals surface area (Å²) in [5.74, 6) is 0.238. The van der Waals surface area contributed by atoms with Crippen LogP contribution in [0.15, 0.2) is 67.5 Å². The molecule has 35 heavy (non-hydrogen) atoms. The van der Waals surface area contributed by atoms with Crippen molar-refractivity contribution < 1.29 is 9.59 Å². The number of aromatic nitrogens is 4. The summed E-state index contributed by atoms with van der Waals surface area (Å²) in [6.45, 7) is 6.31. The van der Waals surface area contributed by atoms with Crippen molar-refractivity contribution in [3.8, 4) is 10.4 Å². The molecule has 0 fully saturated rings. The van der Waals surface area contributed by atoms with Gasteiger partial charge in [0.25, 0.3) is 5.91 Å². The van der Waals surface area contributed by atoms with Crippen molar-refractivity contribution in [2.24, 2.45) is 0 Å². The molecule has 1 atom stereocenters. The largest absolute Gasteiger partial charge is 0.342 e. The van der Waals surface area contributed by atoms with E-state index in [0.717, 1.165) is 40.7 Å². The van der Waals surface area contributed by atoms with Gasteiger partial charge in [-0.1, -0.05) is 25.6 Å². The van der Waals surface area contributed by atoms with Crippen LogP contribution in [0.2, 0.25) is 0 Å². The monoisotopic (exact) mass is 488 g/mol. The molecule has 1 N–H and O–H groups in total. The number of nitrogens with zero attached hydrogens (tertiary/aromatic N) is 5. The molecule has 2 amide bonds. The molecule has 3 aromatic heterocycles. The van der Waals surface area contributed by atoms with Crippen molar-refractivity contribution in [3.63, 3.8) is 0 Å². The number of anilines is 1. The zero-order valence-corrected chi connectivity index (χ0v) is 20.7. The van der Waals surface area contributed by atoms with Crippen LogP contribution in [0.3, 0.4) is 0 Å². The first kappa shape index (κ1) is 24.3. The Morgan fingerprint density at radius 1 is 1.20 bits per heavy atom. The van der Waals surface area contributed by atoms with E-state index < -0.39 is 0 Å². The summed E-state index contributed by atoms with van der Waals surface area (Å²) in [7, 11) is 1.78. The van der Waals surface area contributed by atoms with Gasteiger partial charge in [0.1, 0.15) is 0 Å². The molecule has 0 bridgehead atoms. The third kappa shape index (κ3) is 5.46. The standard InChI is InChI=1S/C26H28N6O2S/c1-4-19(9-8-16-31(3)24(33)5-2)32-21-11-7-6-10-20(21)29-26(32)30-25(34)23-13-12-22(35-23)18-14-15-27-28-17-18/h5-7,10-15,17,19H,2,4,8-9,16H2,1,3H3,(H,29,30,34)/t19-/m0/s1. The highest BCUT2D eigenvalue weighted by Gasteiger charge is 2.21. The minimum atomic E-state index is -0.203. The second kappa shape index (κ2) is 11.1. The second-order valence-electron chi connectivity index (χ2n) is 8.21. The molecular formula is C26H28N6O2S. The van der Waals surface area contributed by atoms with Gasteiger partial charge in [0, 0.05) is 30.1 Å². The molecule has 9 heteroatoms. The molecule has 0 saturated carbocycles. The highest BCUT2D eigenvalue weighted by atomic mass is 32.1. The van der Waals surface area contributed by atoms with Crippen molar-refractivity contribution in [1.82, 2.24) is 24.6 Å². The highest BCUT2D eigenvalue weighted by Crippen LogP contribution is 2.31. The molecule has 180 valence electrons. The van der Waals surface area contributed by atoms with Gasteiger partial charge >= 0.3 is 0 Å². The van der Waals surface area contributed by atoms with Gasteiger partial charge in [-0.05, 0) is 55.7 Å². The molecule has 4 aromatic rings. The third-order valence-corrected chi connectivity index (χ3v) is 7.07. The predicted molar refractivity (Wildman–Crippen MR) is 139 cm³/mol. The lowest BCUT2D eigenvalue weighted by atomic mass is 10.1. The average molecular weight is 489 g/mol. The Morgan fingerprint density at radius 3 is 2.77 bits per heavy atom. The number of likely N-dealkylation sites (N-methyl/N-ethyl adjacent to an activating group) is 1. The Balaban J connectivity index is 1.56. The minimum Gasteiger partial charge on any atom is -0.342 e. The zero-order valence-electron chi connectivity index (χ0n) is 19.8. The van der Waals surface area contributed by atoms with Crippen LogP contribution in [0.4, 0.5) is 5.95 Å². The molecular weight excluding hydrogens is 460 g/mol. The average Bonchev–Trinajstić information content (AvgIpc) is 3.52.